The summed E-state index contributed by atoms with van der Waals surface area (Å²) in [4.78, 5) is 3.96. The van der Waals surface area contributed by atoms with Crippen LogP contribution in [0.3, 0.4) is 0 Å². The Kier molecular flexibility index (Phi) is 1.67. The predicted octanol–water partition coefficient (Wildman–Crippen LogP) is 1.34. The van der Waals surface area contributed by atoms with Crippen molar-refractivity contribution < 1.29 is 4.74 Å². The molecule has 0 aliphatic carbocycles. The fourth-order valence-electron chi connectivity index (χ4n) is 0.625. The van der Waals surface area contributed by atoms with Gasteiger partial charge in [0, 0.05) is 6.21 Å². The molecule has 2 nitrogen and oxygen atoms in total. The minimum atomic E-state index is 0.747. The van der Waals surface area contributed by atoms with Crippen LogP contribution in [-0.4, -0.2) is 13.3 Å². The maximum Gasteiger partial charge on any atom is 0.208 e. The first-order valence-electron chi connectivity index (χ1n) is 2.70. The van der Waals surface area contributed by atoms with Crippen LogP contribution in [0.2, 0.25) is 0 Å². The average Bonchev–Trinajstić information content (AvgIpc) is 1.90. The molecule has 0 saturated carbocycles. The summed E-state index contributed by atoms with van der Waals surface area (Å²) in [5.41, 5.74) is 0. The molecular formula is C6H9NO. The number of hydrogen-bond donors (Lipinski definition) is 0. The van der Waals surface area contributed by atoms with Gasteiger partial charge in [0.1, 0.15) is 0 Å². The molecule has 0 atom stereocenters. The maximum absolute atomic E-state index is 4.85. The number of ether oxygens (including phenoxy) is 1. The van der Waals surface area contributed by atoms with Crippen LogP contribution in [-0.2, 0) is 4.74 Å². The fraction of sp³-hybridized carbons (Fsp3) is 0.500. The van der Waals surface area contributed by atoms with E-state index in [1.54, 1.807) is 7.11 Å². The monoisotopic (exact) mass is 111 g/mol. The molecule has 0 fully saturated rings. The van der Waals surface area contributed by atoms with E-state index in [1.807, 2.05) is 12.3 Å². The van der Waals surface area contributed by atoms with Crippen LogP contribution in [0.4, 0.5) is 0 Å². The summed E-state index contributed by atoms with van der Waals surface area (Å²) < 4.78 is 4.85. The molecule has 0 unspecified atom stereocenters. The minimum absolute atomic E-state index is 0.747. The minimum Gasteiger partial charge on any atom is -0.481 e. The van der Waals surface area contributed by atoms with Gasteiger partial charge in [-0.1, -0.05) is 0 Å². The maximum atomic E-state index is 4.85. The molecule has 44 valence electrons. The Bertz CT molecular complexity index is 126. The van der Waals surface area contributed by atoms with Gasteiger partial charge in [-0.15, -0.1) is 0 Å². The van der Waals surface area contributed by atoms with Gasteiger partial charge in [-0.05, 0) is 18.9 Å². The Morgan fingerprint density at radius 1 is 1.62 bits per heavy atom. The van der Waals surface area contributed by atoms with Crippen molar-refractivity contribution in [2.75, 3.05) is 7.11 Å². The van der Waals surface area contributed by atoms with Crippen molar-refractivity contribution in [2.45, 2.75) is 12.8 Å². The first-order valence-corrected chi connectivity index (χ1v) is 2.70. The van der Waals surface area contributed by atoms with Gasteiger partial charge in [-0.25, -0.2) is 4.99 Å². The Balaban J connectivity index is 2.51. The lowest BCUT2D eigenvalue weighted by Crippen LogP contribution is -1.89. The highest BCUT2D eigenvalue weighted by Gasteiger charge is 1.93. The van der Waals surface area contributed by atoms with Crippen molar-refractivity contribution in [1.29, 1.82) is 0 Å². The van der Waals surface area contributed by atoms with Crippen molar-refractivity contribution in [1.82, 2.24) is 0 Å². The summed E-state index contributed by atoms with van der Waals surface area (Å²) in [5, 5.41) is 0. The predicted molar refractivity (Wildman–Crippen MR) is 32.8 cm³/mol. The van der Waals surface area contributed by atoms with Gasteiger partial charge in [0.05, 0.1) is 7.11 Å². The SMILES string of the molecule is COC1=CCCC=N1. The fourth-order valence-corrected chi connectivity index (χ4v) is 0.625. The van der Waals surface area contributed by atoms with Crippen LogP contribution in [0.25, 0.3) is 0 Å². The quantitative estimate of drug-likeness (QED) is 0.500. The van der Waals surface area contributed by atoms with Crippen LogP contribution in [0.15, 0.2) is 17.0 Å². The molecule has 0 amide bonds. The number of rotatable bonds is 1. The first-order chi connectivity index (χ1) is 3.93. The van der Waals surface area contributed by atoms with Crippen molar-refractivity contribution in [3.05, 3.63) is 12.0 Å². The van der Waals surface area contributed by atoms with Crippen molar-refractivity contribution in [2.24, 2.45) is 4.99 Å². The Morgan fingerprint density at radius 3 is 2.88 bits per heavy atom. The summed E-state index contributed by atoms with van der Waals surface area (Å²) in [6, 6.07) is 0. The van der Waals surface area contributed by atoms with Crippen LogP contribution >= 0.6 is 0 Å². The van der Waals surface area contributed by atoms with Gasteiger partial charge in [0.25, 0.3) is 0 Å². The molecular weight excluding hydrogens is 102 g/mol. The molecule has 0 bridgehead atoms. The van der Waals surface area contributed by atoms with E-state index in [-0.39, 0.29) is 0 Å². The molecule has 0 saturated heterocycles. The van der Waals surface area contributed by atoms with E-state index in [0.717, 1.165) is 18.7 Å². The number of methoxy groups -OCH3 is 1. The Morgan fingerprint density at radius 2 is 2.50 bits per heavy atom. The molecule has 2 heteroatoms. The highest BCUT2D eigenvalue weighted by atomic mass is 16.5. The Hall–Kier alpha value is -0.790. The van der Waals surface area contributed by atoms with Gasteiger partial charge in [-0.2, -0.15) is 0 Å². The van der Waals surface area contributed by atoms with E-state index in [0.29, 0.717) is 0 Å². The van der Waals surface area contributed by atoms with E-state index in [4.69, 9.17) is 4.74 Å². The number of allylic oxidation sites excluding steroid dienone is 1. The zero-order valence-electron chi connectivity index (χ0n) is 4.92. The zero-order chi connectivity index (χ0) is 5.82. The molecule has 0 radical (unpaired) electrons. The second kappa shape index (κ2) is 2.50. The van der Waals surface area contributed by atoms with Crippen molar-refractivity contribution in [3.63, 3.8) is 0 Å². The molecule has 0 N–H and O–H groups in total. The molecule has 1 aliphatic rings. The van der Waals surface area contributed by atoms with Crippen LogP contribution in [0.5, 0.6) is 0 Å². The lowest BCUT2D eigenvalue weighted by atomic mass is 10.3. The van der Waals surface area contributed by atoms with Gasteiger partial charge >= 0.3 is 0 Å². The highest BCUT2D eigenvalue weighted by Crippen LogP contribution is 2.05. The van der Waals surface area contributed by atoms with Crippen LogP contribution in [0.1, 0.15) is 12.8 Å². The molecule has 0 aromatic carbocycles. The standard InChI is InChI=1S/C6H9NO/c1-8-6-4-2-3-5-7-6/h4-5H,2-3H2,1H3. The summed E-state index contributed by atoms with van der Waals surface area (Å²) in [7, 11) is 1.63. The summed E-state index contributed by atoms with van der Waals surface area (Å²) >= 11 is 0. The third-order valence-corrected chi connectivity index (χ3v) is 1.04. The van der Waals surface area contributed by atoms with Crippen LogP contribution < -0.4 is 0 Å². The van der Waals surface area contributed by atoms with Gasteiger partial charge in [-0.3, -0.25) is 0 Å². The summed E-state index contributed by atoms with van der Waals surface area (Å²) in [6.45, 7) is 0. The van der Waals surface area contributed by atoms with E-state index in [1.165, 1.54) is 0 Å². The highest BCUT2D eigenvalue weighted by molar-refractivity contribution is 5.60. The van der Waals surface area contributed by atoms with E-state index in [2.05, 4.69) is 4.99 Å². The van der Waals surface area contributed by atoms with Gasteiger partial charge < -0.3 is 4.74 Å². The topological polar surface area (TPSA) is 21.6 Å². The second-order valence-electron chi connectivity index (χ2n) is 1.64. The molecule has 0 aromatic heterocycles. The average molecular weight is 111 g/mol. The molecule has 0 aromatic rings. The number of nitrogens with zero attached hydrogens (tertiary/aromatic N) is 1. The lowest BCUT2D eigenvalue weighted by Gasteiger charge is -2.01. The zero-order valence-corrected chi connectivity index (χ0v) is 4.92. The summed E-state index contributed by atoms with van der Waals surface area (Å²) in [5.74, 6) is 0.747. The van der Waals surface area contributed by atoms with Crippen molar-refractivity contribution >= 4 is 6.21 Å². The first kappa shape index (κ1) is 5.35. The molecule has 8 heavy (non-hydrogen) atoms. The van der Waals surface area contributed by atoms with Crippen LogP contribution in [0, 0.1) is 0 Å². The summed E-state index contributed by atoms with van der Waals surface area (Å²) in [6.07, 6.45) is 5.97. The number of hydrogen-bond acceptors (Lipinski definition) is 2. The second-order valence-corrected chi connectivity index (χ2v) is 1.64. The normalized spacial score (nSPS) is 17.9. The molecule has 1 aliphatic heterocycles. The van der Waals surface area contributed by atoms with E-state index < -0.39 is 0 Å². The van der Waals surface area contributed by atoms with E-state index >= 15 is 0 Å². The lowest BCUT2D eigenvalue weighted by molar-refractivity contribution is 0.286. The smallest absolute Gasteiger partial charge is 0.208 e. The Labute approximate surface area is 48.9 Å². The largest absolute Gasteiger partial charge is 0.481 e. The van der Waals surface area contributed by atoms with Gasteiger partial charge in [0.15, 0.2) is 0 Å². The van der Waals surface area contributed by atoms with Gasteiger partial charge in [0.2, 0.25) is 5.88 Å². The number of aliphatic imine (C=N–C) groups is 1. The third kappa shape index (κ3) is 1.09. The van der Waals surface area contributed by atoms with Crippen molar-refractivity contribution in [3.8, 4) is 0 Å². The molecule has 1 rings (SSSR count). The molecule has 0 spiro atoms. The molecule has 1 heterocycles. The third-order valence-electron chi connectivity index (χ3n) is 1.04. The van der Waals surface area contributed by atoms with E-state index in [9.17, 15) is 0 Å².